The highest BCUT2D eigenvalue weighted by Gasteiger charge is 2.82. The van der Waals surface area contributed by atoms with E-state index >= 15 is 8.78 Å². The van der Waals surface area contributed by atoms with E-state index in [1.165, 1.54) is 12.4 Å². The molecule has 2 heterocycles. The van der Waals surface area contributed by atoms with E-state index in [4.69, 9.17) is 9.84 Å². The lowest BCUT2D eigenvalue weighted by atomic mass is 9.31. The van der Waals surface area contributed by atoms with E-state index in [9.17, 15) is 27.1 Å². The maximum atomic E-state index is 16.2. The van der Waals surface area contributed by atoms with Crippen molar-refractivity contribution in [1.29, 1.82) is 0 Å². The number of ether oxygens (including phenoxy) is 1. The van der Waals surface area contributed by atoms with Crippen LogP contribution in [0.1, 0.15) is 30.4 Å². The minimum absolute atomic E-state index is 0.135. The lowest BCUT2D eigenvalue weighted by Crippen LogP contribution is -2.76. The van der Waals surface area contributed by atoms with E-state index in [0.717, 1.165) is 23.1 Å². The van der Waals surface area contributed by atoms with Crippen LogP contribution in [0.25, 0.3) is 0 Å². The molecule has 0 amide bonds. The van der Waals surface area contributed by atoms with Crippen molar-refractivity contribution < 1.29 is 45.7 Å². The largest absolute Gasteiger partial charge is 0.460 e. The van der Waals surface area contributed by atoms with Gasteiger partial charge in [-0.3, -0.25) is 0 Å². The molecule has 2 N–H and O–H groups in total. The molecule has 0 unspecified atom stereocenters. The Morgan fingerprint density at radius 3 is 2.26 bits per heavy atom. The van der Waals surface area contributed by atoms with Crippen molar-refractivity contribution in [3.8, 4) is 6.01 Å². The van der Waals surface area contributed by atoms with Crippen LogP contribution in [0.3, 0.4) is 0 Å². The standard InChI is InChI=1S/C22H19F7N6O3/c23-13-1-2-14(15(24)3-13)20(37,10-35-11-32-33-34-35)22(28,29)19-7-18(8-19,9-19)12-4-30-17(31-5-12)38-6-16(36)21(25,26)27/h1-5,11,16,36-37H,6-10H2/t16-,18?,19?,20+/m0/s1. The van der Waals surface area contributed by atoms with Crippen molar-refractivity contribution in [2.45, 2.75) is 55.0 Å². The molecule has 0 radical (unpaired) electrons. The maximum absolute atomic E-state index is 16.2. The molecule has 3 aromatic rings. The number of hydrogen-bond acceptors (Lipinski definition) is 8. The Kier molecular flexibility index (Phi) is 5.90. The molecule has 2 aromatic heterocycles. The van der Waals surface area contributed by atoms with Gasteiger partial charge in [0.15, 0.2) is 11.7 Å². The van der Waals surface area contributed by atoms with Crippen LogP contribution >= 0.6 is 0 Å². The van der Waals surface area contributed by atoms with Gasteiger partial charge in [0.2, 0.25) is 0 Å². The third-order valence-corrected chi connectivity index (χ3v) is 7.36. The van der Waals surface area contributed by atoms with Gasteiger partial charge in [0, 0.05) is 34.9 Å². The predicted molar refractivity (Wildman–Crippen MR) is 111 cm³/mol. The molecule has 3 fully saturated rings. The second-order valence-corrected chi connectivity index (χ2v) is 9.78. The van der Waals surface area contributed by atoms with Gasteiger partial charge >= 0.3 is 12.2 Å². The molecular formula is C22H19F7N6O3. The van der Waals surface area contributed by atoms with Crippen LogP contribution < -0.4 is 4.74 Å². The number of tetrazole rings is 1. The van der Waals surface area contributed by atoms with E-state index in [1.54, 1.807) is 0 Å². The highest BCUT2D eigenvalue weighted by Crippen LogP contribution is 2.80. The molecule has 0 aliphatic heterocycles. The summed E-state index contributed by atoms with van der Waals surface area (Å²) in [5.74, 6) is -6.30. The molecule has 204 valence electrons. The Morgan fingerprint density at radius 1 is 1.05 bits per heavy atom. The van der Waals surface area contributed by atoms with Crippen molar-refractivity contribution in [1.82, 2.24) is 30.2 Å². The van der Waals surface area contributed by atoms with Gasteiger partial charge in [0.25, 0.3) is 5.92 Å². The first-order chi connectivity index (χ1) is 17.7. The number of aliphatic hydroxyl groups excluding tert-OH is 1. The average molecular weight is 548 g/mol. The molecule has 16 heteroatoms. The first-order valence-electron chi connectivity index (χ1n) is 11.2. The fourth-order valence-electron chi connectivity index (χ4n) is 5.44. The molecule has 3 aliphatic rings. The number of alkyl halides is 5. The maximum Gasteiger partial charge on any atom is 0.417 e. The molecule has 6 rings (SSSR count). The minimum atomic E-state index is -4.88. The summed E-state index contributed by atoms with van der Waals surface area (Å²) in [5, 5.41) is 30.5. The van der Waals surface area contributed by atoms with Crippen LogP contribution in [0.4, 0.5) is 30.7 Å². The van der Waals surface area contributed by atoms with E-state index in [-0.39, 0.29) is 19.3 Å². The van der Waals surface area contributed by atoms with Gasteiger partial charge < -0.3 is 14.9 Å². The van der Waals surface area contributed by atoms with Crippen molar-refractivity contribution in [2.24, 2.45) is 5.41 Å². The first-order valence-corrected chi connectivity index (χ1v) is 11.2. The topological polar surface area (TPSA) is 119 Å². The number of halogens is 7. The minimum Gasteiger partial charge on any atom is -0.460 e. The van der Waals surface area contributed by atoms with Crippen molar-refractivity contribution in [3.63, 3.8) is 0 Å². The molecule has 1 aromatic carbocycles. The zero-order valence-corrected chi connectivity index (χ0v) is 19.2. The van der Waals surface area contributed by atoms with E-state index < -0.39 is 71.0 Å². The lowest BCUT2D eigenvalue weighted by molar-refractivity contribution is -0.347. The number of aromatic nitrogens is 6. The Morgan fingerprint density at radius 2 is 1.71 bits per heavy atom. The molecule has 38 heavy (non-hydrogen) atoms. The summed E-state index contributed by atoms with van der Waals surface area (Å²) in [7, 11) is 0. The Labute approximate surface area is 209 Å². The van der Waals surface area contributed by atoms with Crippen molar-refractivity contribution >= 4 is 0 Å². The highest BCUT2D eigenvalue weighted by atomic mass is 19.4. The van der Waals surface area contributed by atoms with Crippen molar-refractivity contribution in [2.75, 3.05) is 6.61 Å². The summed E-state index contributed by atoms with van der Waals surface area (Å²) < 4.78 is 103. The second kappa shape index (κ2) is 8.56. The van der Waals surface area contributed by atoms with Gasteiger partial charge in [-0.25, -0.2) is 32.2 Å². The normalized spacial score (nSPS) is 25.2. The Hall–Kier alpha value is -3.40. The molecule has 2 bridgehead atoms. The van der Waals surface area contributed by atoms with Gasteiger partial charge in [-0.15, -0.1) is 5.10 Å². The van der Waals surface area contributed by atoms with Gasteiger partial charge in [-0.1, -0.05) is 0 Å². The van der Waals surface area contributed by atoms with Crippen LogP contribution in [-0.2, 0) is 17.6 Å². The fraction of sp³-hybridized carbons (Fsp3) is 0.500. The summed E-state index contributed by atoms with van der Waals surface area (Å²) in [6.45, 7) is -2.04. The number of nitrogens with zero attached hydrogens (tertiary/aromatic N) is 6. The van der Waals surface area contributed by atoms with Crippen LogP contribution in [-0.4, -0.2) is 65.2 Å². The number of rotatable bonds is 9. The van der Waals surface area contributed by atoms with Gasteiger partial charge in [-0.2, -0.15) is 13.2 Å². The zero-order valence-electron chi connectivity index (χ0n) is 19.2. The van der Waals surface area contributed by atoms with Crippen molar-refractivity contribution in [3.05, 3.63) is 59.7 Å². The van der Waals surface area contributed by atoms with Gasteiger partial charge in [0.1, 0.15) is 24.6 Å². The van der Waals surface area contributed by atoms with Gasteiger partial charge in [-0.05, 0) is 47.4 Å². The van der Waals surface area contributed by atoms with E-state index in [2.05, 4.69) is 25.5 Å². The SMILES string of the molecule is O[C@@H](COc1ncc(C23CC(C(F)(F)[C@@](O)(Cn4cnnn4)c4ccc(F)cc4F)(C2)C3)cn1)C(F)(F)F. The molecule has 9 nitrogen and oxygen atoms in total. The van der Waals surface area contributed by atoms with Crippen LogP contribution in [0.2, 0.25) is 0 Å². The monoisotopic (exact) mass is 548 g/mol. The molecule has 3 saturated carbocycles. The average Bonchev–Trinajstić information content (AvgIpc) is 3.28. The summed E-state index contributed by atoms with van der Waals surface area (Å²) in [6, 6.07) is 1.48. The van der Waals surface area contributed by atoms with Crippen LogP contribution in [0, 0.1) is 17.0 Å². The quantitative estimate of drug-likeness (QED) is 0.392. The van der Waals surface area contributed by atoms with Crippen LogP contribution in [0.15, 0.2) is 36.9 Å². The Bertz CT molecular complexity index is 1300. The van der Waals surface area contributed by atoms with E-state index in [0.29, 0.717) is 11.6 Å². The number of aliphatic hydroxyl groups is 2. The molecule has 0 spiro atoms. The van der Waals surface area contributed by atoms with E-state index in [1.807, 2.05) is 0 Å². The zero-order chi connectivity index (χ0) is 27.6. The predicted octanol–water partition coefficient (Wildman–Crippen LogP) is 2.69. The smallest absolute Gasteiger partial charge is 0.417 e. The second-order valence-electron chi connectivity index (χ2n) is 9.78. The lowest BCUT2D eigenvalue weighted by Gasteiger charge is -2.74. The van der Waals surface area contributed by atoms with Gasteiger partial charge in [0.05, 0.1) is 6.54 Å². The third-order valence-electron chi connectivity index (χ3n) is 7.36. The molecule has 0 saturated heterocycles. The third kappa shape index (κ3) is 3.97. The highest BCUT2D eigenvalue weighted by molar-refractivity contribution is 5.41. The first kappa shape index (κ1) is 26.2. The summed E-state index contributed by atoms with van der Waals surface area (Å²) in [6.07, 6.45) is -4.58. The number of benzene rings is 1. The molecule has 3 aliphatic carbocycles. The molecule has 2 atom stereocenters. The fourth-order valence-corrected chi connectivity index (χ4v) is 5.44. The summed E-state index contributed by atoms with van der Waals surface area (Å²) in [4.78, 5) is 7.59. The number of hydrogen-bond donors (Lipinski definition) is 2. The summed E-state index contributed by atoms with van der Waals surface area (Å²) >= 11 is 0. The van der Waals surface area contributed by atoms with Crippen LogP contribution in [0.5, 0.6) is 6.01 Å². The molecular weight excluding hydrogens is 529 g/mol. The summed E-state index contributed by atoms with van der Waals surface area (Å²) in [5.41, 5.74) is -6.06. The Balaban J connectivity index is 1.35.